The first-order chi connectivity index (χ1) is 14.5. The van der Waals surface area contributed by atoms with Crippen molar-refractivity contribution in [2.45, 2.75) is 57.1 Å². The lowest BCUT2D eigenvalue weighted by molar-refractivity contribution is -0.149. The van der Waals surface area contributed by atoms with Crippen molar-refractivity contribution in [1.29, 1.82) is 0 Å². The summed E-state index contributed by atoms with van der Waals surface area (Å²) >= 11 is 0. The van der Waals surface area contributed by atoms with Crippen molar-refractivity contribution in [2.24, 2.45) is 11.8 Å². The quantitative estimate of drug-likeness (QED) is 0.672. The summed E-state index contributed by atoms with van der Waals surface area (Å²) in [5, 5.41) is 0. The van der Waals surface area contributed by atoms with Gasteiger partial charge in [-0.25, -0.2) is 14.8 Å². The molecule has 0 bridgehead atoms. The molecule has 1 unspecified atom stereocenters. The van der Waals surface area contributed by atoms with Crippen LogP contribution in [0.1, 0.15) is 57.1 Å². The lowest BCUT2D eigenvalue weighted by Crippen LogP contribution is -2.34. The van der Waals surface area contributed by atoms with Gasteiger partial charge in [0.25, 0.3) is 0 Å². The highest BCUT2D eigenvalue weighted by Crippen LogP contribution is 2.51. The zero-order valence-corrected chi connectivity index (χ0v) is 17.2. The molecule has 2 atom stereocenters. The van der Waals surface area contributed by atoms with Crippen molar-refractivity contribution in [3.63, 3.8) is 0 Å². The zero-order valence-electron chi connectivity index (χ0n) is 17.2. The van der Waals surface area contributed by atoms with Gasteiger partial charge in [0.1, 0.15) is 17.4 Å². The number of imidazole rings is 1. The number of rotatable bonds is 3. The van der Waals surface area contributed by atoms with Crippen LogP contribution >= 0.6 is 0 Å². The summed E-state index contributed by atoms with van der Waals surface area (Å²) in [7, 11) is 0. The Morgan fingerprint density at radius 1 is 1.10 bits per heavy atom. The van der Waals surface area contributed by atoms with Gasteiger partial charge in [0.05, 0.1) is 12.1 Å². The van der Waals surface area contributed by atoms with Gasteiger partial charge in [-0.3, -0.25) is 9.36 Å². The molecule has 1 aromatic carbocycles. The molecule has 1 aliphatic carbocycles. The van der Waals surface area contributed by atoms with E-state index in [4.69, 9.17) is 4.74 Å². The normalized spacial score (nSPS) is 28.5. The minimum absolute atomic E-state index is 0.0382. The van der Waals surface area contributed by atoms with E-state index in [0.717, 1.165) is 31.2 Å². The summed E-state index contributed by atoms with van der Waals surface area (Å²) in [6.07, 6.45) is 6.55. The third-order valence-electron chi connectivity index (χ3n) is 6.90. The summed E-state index contributed by atoms with van der Waals surface area (Å²) < 4.78 is 7.60. The molecular formula is C23H26N4O3. The van der Waals surface area contributed by atoms with E-state index in [1.165, 1.54) is 6.33 Å². The first-order valence-electron chi connectivity index (χ1n) is 10.6. The molecule has 2 aromatic heterocycles. The van der Waals surface area contributed by atoms with Crippen LogP contribution in [0.2, 0.25) is 0 Å². The van der Waals surface area contributed by atoms with Gasteiger partial charge in [-0.2, -0.15) is 0 Å². The standard InChI is InChI=1S/C23H26N4O3/c1-23(2)19(15-6-4-3-5-7-15)18(21(28)30-23)14-8-10-16(11-9-14)27-20-17(26-22(27)29)12-24-13-25-20/h3-7,12-14,16,18-19H,8-11H2,1-2H3,(H,26,29)/t14?,16?,18?,19-/m1/s1. The Morgan fingerprint density at radius 2 is 1.83 bits per heavy atom. The second-order valence-electron chi connectivity index (χ2n) is 9.07. The van der Waals surface area contributed by atoms with Crippen LogP contribution in [0.5, 0.6) is 0 Å². The third-order valence-corrected chi connectivity index (χ3v) is 6.90. The predicted molar refractivity (Wildman–Crippen MR) is 112 cm³/mol. The number of benzene rings is 1. The van der Waals surface area contributed by atoms with Gasteiger partial charge in [-0.05, 0) is 51.0 Å². The fourth-order valence-corrected chi connectivity index (χ4v) is 5.63. The van der Waals surface area contributed by atoms with E-state index in [1.807, 2.05) is 32.0 Å². The molecule has 1 saturated carbocycles. The molecule has 7 heteroatoms. The van der Waals surface area contributed by atoms with Gasteiger partial charge < -0.3 is 9.72 Å². The molecule has 2 fully saturated rings. The fourth-order valence-electron chi connectivity index (χ4n) is 5.63. The lowest BCUT2D eigenvalue weighted by Gasteiger charge is -2.35. The maximum absolute atomic E-state index is 12.9. The third kappa shape index (κ3) is 3.04. The Kier molecular flexibility index (Phi) is 4.49. The Morgan fingerprint density at radius 3 is 2.57 bits per heavy atom. The lowest BCUT2D eigenvalue weighted by atomic mass is 9.68. The summed E-state index contributed by atoms with van der Waals surface area (Å²) in [5.74, 6) is 0.0484. The van der Waals surface area contributed by atoms with Gasteiger partial charge >= 0.3 is 11.7 Å². The molecule has 3 heterocycles. The largest absolute Gasteiger partial charge is 0.459 e. The number of carbonyl (C=O) groups excluding carboxylic acids is 1. The average Bonchev–Trinajstić information content (AvgIpc) is 3.20. The van der Waals surface area contributed by atoms with Crippen molar-refractivity contribution in [3.05, 3.63) is 58.9 Å². The predicted octanol–water partition coefficient (Wildman–Crippen LogP) is 3.59. The maximum atomic E-state index is 12.9. The summed E-state index contributed by atoms with van der Waals surface area (Å²) in [4.78, 5) is 36.6. The number of H-pyrrole nitrogens is 1. The molecule has 3 aromatic rings. The van der Waals surface area contributed by atoms with E-state index in [2.05, 4.69) is 27.1 Å². The fraction of sp³-hybridized carbons (Fsp3) is 0.478. The van der Waals surface area contributed by atoms with Crippen LogP contribution in [0.4, 0.5) is 0 Å². The first-order valence-corrected chi connectivity index (χ1v) is 10.6. The number of aromatic nitrogens is 4. The number of aromatic amines is 1. The molecule has 5 rings (SSSR count). The number of carbonyl (C=O) groups is 1. The van der Waals surface area contributed by atoms with Crippen LogP contribution < -0.4 is 5.69 Å². The molecular weight excluding hydrogens is 380 g/mol. The van der Waals surface area contributed by atoms with Gasteiger partial charge in [0, 0.05) is 12.0 Å². The molecule has 1 aliphatic heterocycles. The summed E-state index contributed by atoms with van der Waals surface area (Å²) in [6, 6.07) is 10.3. The van der Waals surface area contributed by atoms with Crippen LogP contribution in [0.25, 0.3) is 11.2 Å². The van der Waals surface area contributed by atoms with Gasteiger partial charge in [0.15, 0.2) is 5.65 Å². The first kappa shape index (κ1) is 19.0. The highest BCUT2D eigenvalue weighted by molar-refractivity contribution is 5.78. The van der Waals surface area contributed by atoms with E-state index >= 15 is 0 Å². The summed E-state index contributed by atoms with van der Waals surface area (Å²) in [5.41, 5.74) is 1.81. The molecule has 0 radical (unpaired) electrons. The SMILES string of the molecule is CC1(C)OC(=O)C(C2CCC(n3c(=O)[nH]c4cncnc43)CC2)[C@H]1c1ccccc1. The molecule has 156 valence electrons. The number of esters is 1. The molecule has 30 heavy (non-hydrogen) atoms. The van der Waals surface area contributed by atoms with Crippen molar-refractivity contribution >= 4 is 17.1 Å². The van der Waals surface area contributed by atoms with E-state index in [1.54, 1.807) is 10.8 Å². The van der Waals surface area contributed by atoms with E-state index in [0.29, 0.717) is 11.2 Å². The Bertz CT molecular complexity index is 1130. The second-order valence-corrected chi connectivity index (χ2v) is 9.07. The van der Waals surface area contributed by atoms with Gasteiger partial charge in [-0.1, -0.05) is 30.3 Å². The minimum Gasteiger partial charge on any atom is -0.459 e. The number of hydrogen-bond acceptors (Lipinski definition) is 5. The van der Waals surface area contributed by atoms with E-state index < -0.39 is 5.60 Å². The second kappa shape index (κ2) is 7.07. The molecule has 1 saturated heterocycles. The van der Waals surface area contributed by atoms with E-state index in [-0.39, 0.29) is 35.5 Å². The average molecular weight is 406 g/mol. The van der Waals surface area contributed by atoms with Crippen LogP contribution in [-0.2, 0) is 9.53 Å². The topological polar surface area (TPSA) is 89.9 Å². The molecule has 0 amide bonds. The molecule has 2 aliphatic rings. The van der Waals surface area contributed by atoms with Crippen molar-refractivity contribution in [1.82, 2.24) is 19.5 Å². The number of hydrogen-bond donors (Lipinski definition) is 1. The number of cyclic esters (lactones) is 1. The number of fused-ring (bicyclic) bond motifs is 1. The highest BCUT2D eigenvalue weighted by Gasteiger charge is 2.53. The van der Waals surface area contributed by atoms with Crippen LogP contribution in [-0.4, -0.2) is 31.1 Å². The van der Waals surface area contributed by atoms with Gasteiger partial charge in [-0.15, -0.1) is 0 Å². The molecule has 7 nitrogen and oxygen atoms in total. The number of nitrogens with zero attached hydrogens (tertiary/aromatic N) is 3. The van der Waals surface area contributed by atoms with Crippen LogP contribution in [0.3, 0.4) is 0 Å². The monoisotopic (exact) mass is 406 g/mol. The minimum atomic E-state index is -0.523. The van der Waals surface area contributed by atoms with E-state index in [9.17, 15) is 9.59 Å². The van der Waals surface area contributed by atoms with Gasteiger partial charge in [0.2, 0.25) is 0 Å². The Labute approximate surface area is 174 Å². The highest BCUT2D eigenvalue weighted by atomic mass is 16.6. The number of nitrogens with one attached hydrogen (secondary N) is 1. The molecule has 1 N–H and O–H groups in total. The van der Waals surface area contributed by atoms with Crippen molar-refractivity contribution in [2.75, 3.05) is 0 Å². The number of ether oxygens (including phenoxy) is 1. The molecule has 0 spiro atoms. The smallest absolute Gasteiger partial charge is 0.327 e. The Balaban J connectivity index is 1.40. The van der Waals surface area contributed by atoms with Crippen LogP contribution in [0.15, 0.2) is 47.7 Å². The maximum Gasteiger partial charge on any atom is 0.327 e. The van der Waals surface area contributed by atoms with Crippen LogP contribution in [0, 0.1) is 11.8 Å². The van der Waals surface area contributed by atoms with Crippen molar-refractivity contribution < 1.29 is 9.53 Å². The Hall–Kier alpha value is -2.96. The zero-order chi connectivity index (χ0) is 20.9. The summed E-state index contributed by atoms with van der Waals surface area (Å²) in [6.45, 7) is 4.03. The van der Waals surface area contributed by atoms with Crippen molar-refractivity contribution in [3.8, 4) is 0 Å².